The maximum atomic E-state index is 2.31. The Morgan fingerprint density at radius 1 is 0.545 bits per heavy atom. The van der Waals surface area contributed by atoms with E-state index in [-0.39, 0.29) is 0 Å². The molecule has 118 valence electrons. The molecule has 4 heterocycles. The second-order valence-corrected chi connectivity index (χ2v) is 14.8. The van der Waals surface area contributed by atoms with Crippen LogP contribution in [0.2, 0.25) is 0 Å². The van der Waals surface area contributed by atoms with Gasteiger partial charge >= 0.3 is 0 Å². The summed E-state index contributed by atoms with van der Waals surface area (Å²) in [7, 11) is 0. The van der Waals surface area contributed by atoms with Gasteiger partial charge in [-0.05, 0) is 25.0 Å². The molecule has 0 fully saturated rings. The van der Waals surface area contributed by atoms with E-state index in [0.717, 1.165) is 0 Å². The van der Waals surface area contributed by atoms with Gasteiger partial charge in [0.05, 0.1) is 25.4 Å². The van der Waals surface area contributed by atoms with Gasteiger partial charge in [0.1, 0.15) is 0 Å². The van der Waals surface area contributed by atoms with Crippen molar-refractivity contribution in [2.45, 2.75) is 13.8 Å². The van der Waals surface area contributed by atoms with Gasteiger partial charge in [-0.1, -0.05) is 47.0 Å². The summed E-state index contributed by atoms with van der Waals surface area (Å²) < 4.78 is 9.19. The third-order valence-electron chi connectivity index (χ3n) is 3.35. The summed E-state index contributed by atoms with van der Waals surface area (Å²) in [6.07, 6.45) is 0. The molecule has 0 amide bonds. The maximum absolute atomic E-state index is 2.31. The molecule has 0 saturated carbocycles. The molecule has 0 atom stereocenters. The lowest BCUT2D eigenvalue weighted by Crippen LogP contribution is -1.88. The molecule has 0 aromatic rings. The Balaban J connectivity index is 1.55. The van der Waals surface area contributed by atoms with E-state index >= 15 is 0 Å². The van der Waals surface area contributed by atoms with Crippen LogP contribution in [0.3, 0.4) is 0 Å². The lowest BCUT2D eigenvalue weighted by molar-refractivity contribution is 1.36. The van der Waals surface area contributed by atoms with E-state index in [0.29, 0.717) is 0 Å². The van der Waals surface area contributed by atoms with Gasteiger partial charge in [-0.3, -0.25) is 0 Å². The Morgan fingerprint density at radius 3 is 1.09 bits per heavy atom. The molecular weight excluding hydrogens is 425 g/mol. The Labute approximate surface area is 166 Å². The number of hydrogen-bond donors (Lipinski definition) is 0. The second-order valence-electron chi connectivity index (χ2n) is 4.78. The summed E-state index contributed by atoms with van der Waals surface area (Å²) in [6.45, 7) is 4.62. The zero-order valence-corrected chi connectivity index (χ0v) is 18.6. The third kappa shape index (κ3) is 3.50. The van der Waals surface area contributed by atoms with Gasteiger partial charge in [-0.15, -0.1) is 47.0 Å². The molecule has 0 N–H and O–H groups in total. The highest BCUT2D eigenvalue weighted by molar-refractivity contribution is 8.42. The number of hydrogen-bond acceptors (Lipinski definition) is 8. The monoisotopic (exact) mass is 438 g/mol. The summed E-state index contributed by atoms with van der Waals surface area (Å²) >= 11 is 16.2. The van der Waals surface area contributed by atoms with Crippen molar-refractivity contribution in [1.29, 1.82) is 0 Å². The van der Waals surface area contributed by atoms with Crippen LogP contribution in [0, 0.1) is 0 Å². The van der Waals surface area contributed by atoms with E-state index in [9.17, 15) is 0 Å². The number of rotatable bonds is 1. The largest absolute Gasteiger partial charge is 0.116 e. The van der Waals surface area contributed by atoms with Crippen molar-refractivity contribution < 1.29 is 0 Å². The number of thioether (sulfide) groups is 8. The van der Waals surface area contributed by atoms with E-state index in [1.807, 2.05) is 94.1 Å². The molecule has 4 aliphatic heterocycles. The van der Waals surface area contributed by atoms with Crippen LogP contribution in [0.4, 0.5) is 0 Å². The summed E-state index contributed by atoms with van der Waals surface area (Å²) in [4.78, 5) is 0. The highest BCUT2D eigenvalue weighted by atomic mass is 32.3. The third-order valence-corrected chi connectivity index (χ3v) is 15.3. The molecule has 0 aromatic heterocycles. The first kappa shape index (κ1) is 17.2. The van der Waals surface area contributed by atoms with Gasteiger partial charge in [0.15, 0.2) is 0 Å². The standard InChI is InChI=1S/C14H14S8/c1-7(9-19-11-12(20-9)16-4-3-15-11)8(2)10-21-13-14(22-10)18-6-5-17-13/h3-6H2,1-2H3. The summed E-state index contributed by atoms with van der Waals surface area (Å²) in [5, 5.41) is 0. The molecule has 0 unspecified atom stereocenters. The molecule has 0 nitrogen and oxygen atoms in total. The fraction of sp³-hybridized carbons (Fsp3) is 0.429. The molecule has 8 heteroatoms. The fourth-order valence-electron chi connectivity index (χ4n) is 2.05. The van der Waals surface area contributed by atoms with E-state index < -0.39 is 0 Å². The minimum atomic E-state index is 1.26. The maximum Gasteiger partial charge on any atom is 0.0660 e. The topological polar surface area (TPSA) is 0 Å². The SMILES string of the molecule is CC(=C1SC2=C(SCCS2)S1)C(C)=C1SC2=C(SCCS2)S1. The van der Waals surface area contributed by atoms with Gasteiger partial charge in [0, 0.05) is 23.0 Å². The number of allylic oxidation sites excluding steroid dienone is 2. The van der Waals surface area contributed by atoms with Crippen LogP contribution in [0.25, 0.3) is 0 Å². The molecule has 0 spiro atoms. The summed E-state index contributed by atoms with van der Waals surface area (Å²) in [6, 6.07) is 0. The van der Waals surface area contributed by atoms with Crippen LogP contribution in [0.5, 0.6) is 0 Å². The van der Waals surface area contributed by atoms with Crippen LogP contribution in [-0.2, 0) is 0 Å². The van der Waals surface area contributed by atoms with Crippen molar-refractivity contribution in [3.05, 3.63) is 36.6 Å². The smallest absolute Gasteiger partial charge is 0.0660 e. The lowest BCUT2D eigenvalue weighted by Gasteiger charge is -2.09. The normalized spacial score (nSPS) is 24.8. The Bertz CT molecular complexity index is 543. The first-order valence-electron chi connectivity index (χ1n) is 6.85. The lowest BCUT2D eigenvalue weighted by atomic mass is 10.2. The van der Waals surface area contributed by atoms with Crippen molar-refractivity contribution in [1.82, 2.24) is 0 Å². The summed E-state index contributed by atoms with van der Waals surface area (Å²) in [5.41, 5.74) is 2.96. The summed E-state index contributed by atoms with van der Waals surface area (Å²) in [5.74, 6) is 5.06. The molecule has 0 saturated heterocycles. The minimum absolute atomic E-state index is 1.26. The minimum Gasteiger partial charge on any atom is -0.116 e. The van der Waals surface area contributed by atoms with Crippen molar-refractivity contribution in [2.75, 3.05) is 23.0 Å². The van der Waals surface area contributed by atoms with Crippen molar-refractivity contribution in [2.24, 2.45) is 0 Å². The van der Waals surface area contributed by atoms with Gasteiger partial charge in [-0.25, -0.2) is 0 Å². The molecule has 22 heavy (non-hydrogen) atoms. The zero-order chi connectivity index (χ0) is 15.1. The second kappa shape index (κ2) is 7.56. The average Bonchev–Trinajstić information content (AvgIpc) is 3.16. The van der Waals surface area contributed by atoms with Crippen LogP contribution in [-0.4, -0.2) is 23.0 Å². The van der Waals surface area contributed by atoms with Gasteiger partial charge < -0.3 is 0 Å². The van der Waals surface area contributed by atoms with Crippen LogP contribution in [0.15, 0.2) is 36.6 Å². The first-order valence-corrected chi connectivity index (χ1v) is 14.1. The van der Waals surface area contributed by atoms with Gasteiger partial charge in [-0.2, -0.15) is 0 Å². The van der Waals surface area contributed by atoms with E-state index in [1.165, 1.54) is 42.6 Å². The van der Waals surface area contributed by atoms with Crippen LogP contribution >= 0.6 is 94.1 Å². The molecule has 4 rings (SSSR count). The molecule has 4 aliphatic rings. The van der Waals surface area contributed by atoms with Gasteiger partial charge in [0.25, 0.3) is 0 Å². The van der Waals surface area contributed by atoms with E-state index in [1.54, 1.807) is 16.9 Å². The molecule has 0 aromatic carbocycles. The fourth-order valence-corrected chi connectivity index (χ4v) is 14.1. The molecule has 0 radical (unpaired) electrons. The zero-order valence-electron chi connectivity index (χ0n) is 12.1. The van der Waals surface area contributed by atoms with Crippen LogP contribution in [0.1, 0.15) is 13.8 Å². The van der Waals surface area contributed by atoms with Crippen molar-refractivity contribution >= 4 is 94.1 Å². The molecule has 0 bridgehead atoms. The predicted octanol–water partition coefficient (Wildman–Crippen LogP) is 7.62. The molecule has 0 aliphatic carbocycles. The van der Waals surface area contributed by atoms with E-state index in [2.05, 4.69) is 13.8 Å². The van der Waals surface area contributed by atoms with E-state index in [4.69, 9.17) is 0 Å². The Kier molecular flexibility index (Phi) is 5.91. The highest BCUT2D eigenvalue weighted by Crippen LogP contribution is 2.63. The quantitative estimate of drug-likeness (QED) is 0.404. The first-order chi connectivity index (χ1) is 10.7. The Hall–Kier alpha value is 1.76. The highest BCUT2D eigenvalue weighted by Gasteiger charge is 2.29. The Morgan fingerprint density at radius 2 is 0.818 bits per heavy atom. The molecular formula is C14H14S8. The predicted molar refractivity (Wildman–Crippen MR) is 120 cm³/mol. The van der Waals surface area contributed by atoms with Crippen molar-refractivity contribution in [3.63, 3.8) is 0 Å². The van der Waals surface area contributed by atoms with Gasteiger partial charge in [0.2, 0.25) is 0 Å². The van der Waals surface area contributed by atoms with Crippen molar-refractivity contribution in [3.8, 4) is 0 Å². The van der Waals surface area contributed by atoms with Crippen LogP contribution < -0.4 is 0 Å². The average molecular weight is 439 g/mol.